The lowest BCUT2D eigenvalue weighted by molar-refractivity contribution is -0.119. The van der Waals surface area contributed by atoms with E-state index >= 15 is 0 Å². The van der Waals surface area contributed by atoms with Crippen molar-refractivity contribution in [3.05, 3.63) is 99.1 Å². The highest BCUT2D eigenvalue weighted by molar-refractivity contribution is 9.10. The number of hydrogen-bond acceptors (Lipinski definition) is 4. The zero-order valence-electron chi connectivity index (χ0n) is 16.3. The van der Waals surface area contributed by atoms with E-state index in [0.29, 0.717) is 11.8 Å². The largest absolute Gasteiger partial charge is 0.314 e. The lowest BCUT2D eigenvalue weighted by atomic mass is 10.1. The highest BCUT2D eigenvalue weighted by Gasteiger charge is 2.16. The zero-order chi connectivity index (χ0) is 21.1. The van der Waals surface area contributed by atoms with Gasteiger partial charge in [-0.15, -0.1) is 0 Å². The van der Waals surface area contributed by atoms with Crippen LogP contribution >= 0.6 is 15.9 Å². The van der Waals surface area contributed by atoms with Crippen LogP contribution in [0.1, 0.15) is 11.3 Å². The molecule has 30 heavy (non-hydrogen) atoms. The second-order valence-corrected chi connectivity index (χ2v) is 7.83. The van der Waals surface area contributed by atoms with Crippen LogP contribution in [0.2, 0.25) is 0 Å². The molecule has 0 aliphatic rings. The molecular formula is C23H19BrN4O2. The molecule has 0 atom stereocenters. The van der Waals surface area contributed by atoms with Gasteiger partial charge in [-0.25, -0.2) is 4.68 Å². The molecular weight excluding hydrogens is 444 g/mol. The van der Waals surface area contributed by atoms with Crippen molar-refractivity contribution >= 4 is 38.3 Å². The molecule has 0 aliphatic heterocycles. The van der Waals surface area contributed by atoms with Gasteiger partial charge in [-0.2, -0.15) is 5.10 Å². The minimum atomic E-state index is -0.276. The van der Waals surface area contributed by atoms with E-state index in [-0.39, 0.29) is 18.0 Å². The number of carbonyl (C=O) groups is 1. The van der Waals surface area contributed by atoms with Crippen molar-refractivity contribution in [1.82, 2.24) is 14.8 Å². The van der Waals surface area contributed by atoms with Gasteiger partial charge in [0.25, 0.3) is 5.56 Å². The molecule has 0 N–H and O–H groups in total. The fraction of sp³-hybridized carbons (Fsp3) is 0.130. The molecule has 0 saturated carbocycles. The van der Waals surface area contributed by atoms with E-state index in [1.165, 1.54) is 9.58 Å². The van der Waals surface area contributed by atoms with E-state index in [1.807, 2.05) is 54.6 Å². The molecule has 0 bridgehead atoms. The predicted octanol–water partition coefficient (Wildman–Crippen LogP) is 3.81. The molecule has 0 unspecified atom stereocenters. The summed E-state index contributed by atoms with van der Waals surface area (Å²) in [5.74, 6) is -0.225. The lowest BCUT2D eigenvalue weighted by Gasteiger charge is -2.18. The number of anilines is 1. The van der Waals surface area contributed by atoms with Gasteiger partial charge in [0.15, 0.2) is 0 Å². The van der Waals surface area contributed by atoms with Gasteiger partial charge in [-0.1, -0.05) is 34.1 Å². The van der Waals surface area contributed by atoms with E-state index in [4.69, 9.17) is 0 Å². The molecule has 150 valence electrons. The summed E-state index contributed by atoms with van der Waals surface area (Å²) in [5, 5.41) is 5.90. The van der Waals surface area contributed by atoms with Gasteiger partial charge in [0.05, 0.1) is 11.1 Å². The van der Waals surface area contributed by atoms with Crippen LogP contribution in [-0.2, 0) is 17.8 Å². The average Bonchev–Trinajstić information content (AvgIpc) is 2.77. The summed E-state index contributed by atoms with van der Waals surface area (Å²) >= 11 is 3.39. The number of hydrogen-bond donors (Lipinski definition) is 0. The fourth-order valence-corrected chi connectivity index (χ4v) is 3.54. The van der Waals surface area contributed by atoms with Gasteiger partial charge in [-0.3, -0.25) is 14.6 Å². The minimum absolute atomic E-state index is 0.139. The van der Waals surface area contributed by atoms with Crippen molar-refractivity contribution in [2.45, 2.75) is 13.0 Å². The molecule has 2 aromatic heterocycles. The van der Waals surface area contributed by atoms with Gasteiger partial charge in [0, 0.05) is 41.4 Å². The molecule has 6 nitrogen and oxygen atoms in total. The third-order valence-corrected chi connectivity index (χ3v) is 5.47. The Kier molecular flexibility index (Phi) is 5.72. The Morgan fingerprint density at radius 2 is 1.67 bits per heavy atom. The quantitative estimate of drug-likeness (QED) is 0.452. The van der Waals surface area contributed by atoms with Crippen LogP contribution in [0, 0.1) is 0 Å². The first-order valence-electron chi connectivity index (χ1n) is 9.42. The van der Waals surface area contributed by atoms with E-state index in [1.54, 1.807) is 25.5 Å². The number of pyridine rings is 1. The van der Waals surface area contributed by atoms with Gasteiger partial charge in [-0.05, 0) is 48.0 Å². The highest BCUT2D eigenvalue weighted by Crippen LogP contribution is 2.19. The van der Waals surface area contributed by atoms with E-state index in [0.717, 1.165) is 26.8 Å². The number of benzene rings is 2. The number of carbonyl (C=O) groups excluding carboxylic acids is 1. The number of fused-ring (bicyclic) bond motifs is 1. The molecule has 4 aromatic rings. The van der Waals surface area contributed by atoms with Crippen molar-refractivity contribution in [2.24, 2.45) is 0 Å². The first-order chi connectivity index (χ1) is 14.5. The van der Waals surface area contributed by atoms with Crippen LogP contribution in [0.25, 0.3) is 10.8 Å². The second kappa shape index (κ2) is 8.59. The smallest absolute Gasteiger partial charge is 0.275 e. The monoisotopic (exact) mass is 462 g/mol. The maximum atomic E-state index is 13.0. The van der Waals surface area contributed by atoms with Gasteiger partial charge < -0.3 is 4.90 Å². The van der Waals surface area contributed by atoms with Crippen LogP contribution in [0.15, 0.2) is 82.3 Å². The first-order valence-corrected chi connectivity index (χ1v) is 10.2. The summed E-state index contributed by atoms with van der Waals surface area (Å²) < 4.78 is 2.19. The topological polar surface area (TPSA) is 68.1 Å². The van der Waals surface area contributed by atoms with Crippen molar-refractivity contribution in [1.29, 1.82) is 0 Å². The van der Waals surface area contributed by atoms with Crippen molar-refractivity contribution in [3.63, 3.8) is 0 Å². The summed E-state index contributed by atoms with van der Waals surface area (Å²) in [5.41, 5.74) is 2.25. The predicted molar refractivity (Wildman–Crippen MR) is 121 cm³/mol. The third-order valence-electron chi connectivity index (χ3n) is 4.94. The summed E-state index contributed by atoms with van der Waals surface area (Å²) in [6, 6.07) is 18.6. The van der Waals surface area contributed by atoms with Crippen molar-refractivity contribution in [2.75, 3.05) is 11.9 Å². The molecule has 0 fully saturated rings. The minimum Gasteiger partial charge on any atom is -0.314 e. The Bertz CT molecular complexity index is 1250. The first kappa shape index (κ1) is 20.0. The van der Waals surface area contributed by atoms with Crippen molar-refractivity contribution < 1.29 is 4.79 Å². The van der Waals surface area contributed by atoms with Crippen molar-refractivity contribution in [3.8, 4) is 0 Å². The summed E-state index contributed by atoms with van der Waals surface area (Å²) in [6.45, 7) is -0.139. The van der Waals surface area contributed by atoms with Crippen LogP contribution in [0.3, 0.4) is 0 Å². The van der Waals surface area contributed by atoms with Crippen LogP contribution in [0.5, 0.6) is 0 Å². The van der Waals surface area contributed by atoms with Gasteiger partial charge in [0.1, 0.15) is 6.54 Å². The van der Waals surface area contributed by atoms with Gasteiger partial charge in [0.2, 0.25) is 5.91 Å². The summed E-state index contributed by atoms with van der Waals surface area (Å²) in [7, 11) is 1.69. The number of rotatable bonds is 5. The average molecular weight is 463 g/mol. The molecule has 4 rings (SSSR count). The number of nitrogens with zero attached hydrogens (tertiary/aromatic N) is 4. The molecule has 1 amide bonds. The van der Waals surface area contributed by atoms with Crippen LogP contribution in [0.4, 0.5) is 5.69 Å². The third kappa shape index (κ3) is 4.16. The maximum absolute atomic E-state index is 13.0. The molecule has 2 heterocycles. The molecule has 2 aromatic carbocycles. The Hall–Kier alpha value is -3.32. The second-order valence-electron chi connectivity index (χ2n) is 6.92. The SMILES string of the molecule is CN(C(=O)Cn1nc(Cc2ccncc2)c2ccccc2c1=O)c1ccc(Br)cc1. The zero-order valence-corrected chi connectivity index (χ0v) is 17.9. The molecule has 7 heteroatoms. The standard InChI is InChI=1S/C23H19BrN4O2/c1-27(18-8-6-17(24)7-9-18)22(29)15-28-23(30)20-5-3-2-4-19(20)21(26-28)14-16-10-12-25-13-11-16/h2-13H,14-15H2,1H3. The molecule has 0 spiro atoms. The normalized spacial score (nSPS) is 10.9. The summed E-state index contributed by atoms with van der Waals surface area (Å²) in [6.07, 6.45) is 3.99. The number of likely N-dealkylation sites (N-methyl/N-ethyl adjacent to an activating group) is 1. The van der Waals surface area contributed by atoms with Gasteiger partial charge >= 0.3 is 0 Å². The Labute approximate surface area is 181 Å². The molecule has 0 radical (unpaired) electrons. The maximum Gasteiger partial charge on any atom is 0.275 e. The molecule has 0 saturated heterocycles. The van der Waals surface area contributed by atoms with Crippen LogP contribution < -0.4 is 10.5 Å². The number of amides is 1. The van der Waals surface area contributed by atoms with Crippen LogP contribution in [-0.4, -0.2) is 27.7 Å². The number of aromatic nitrogens is 3. The Morgan fingerprint density at radius 3 is 2.37 bits per heavy atom. The van der Waals surface area contributed by atoms with E-state index in [9.17, 15) is 9.59 Å². The van der Waals surface area contributed by atoms with E-state index < -0.39 is 0 Å². The summed E-state index contributed by atoms with van der Waals surface area (Å²) in [4.78, 5) is 31.4. The fourth-order valence-electron chi connectivity index (χ4n) is 3.28. The van der Waals surface area contributed by atoms with E-state index in [2.05, 4.69) is 26.0 Å². The molecule has 0 aliphatic carbocycles. The highest BCUT2D eigenvalue weighted by atomic mass is 79.9. The Balaban J connectivity index is 1.70. The number of halogens is 1. The lowest BCUT2D eigenvalue weighted by Crippen LogP contribution is -2.35. The Morgan fingerprint density at radius 1 is 1.00 bits per heavy atom.